The van der Waals surface area contributed by atoms with Crippen LogP contribution in [0.1, 0.15) is 85.5 Å². The van der Waals surface area contributed by atoms with Gasteiger partial charge in [0.25, 0.3) is 0 Å². The number of rotatable bonds is 5. The number of aliphatic hydroxyl groups is 9. The van der Waals surface area contributed by atoms with Crippen molar-refractivity contribution in [2.75, 3.05) is 6.61 Å². The summed E-state index contributed by atoms with van der Waals surface area (Å²) in [6.07, 6.45) is 0.982. The number of allylic oxidation sites excluding steroid dienone is 12. The number of nitrogens with two attached hydrogens (primary N) is 1. The van der Waals surface area contributed by atoms with Crippen molar-refractivity contribution in [1.82, 2.24) is 0 Å². The molecule has 3 fully saturated rings. The first kappa shape index (κ1) is 61.4. The average molecular weight is 1040 g/mol. The minimum absolute atomic E-state index is 0.188. The van der Waals surface area contributed by atoms with Gasteiger partial charge in [-0.05, 0) is 20.3 Å². The molecule has 0 amide bonds. The summed E-state index contributed by atoms with van der Waals surface area (Å²) in [4.78, 5) is 50.9. The van der Waals surface area contributed by atoms with Gasteiger partial charge in [0.2, 0.25) is 0 Å². The number of carboxylic acid groups (broad SMARTS) is 1. The quantitative estimate of drug-likeness (QED) is 0.168. The third-order valence-electron chi connectivity index (χ3n) is 13.3. The fourth-order valence-corrected chi connectivity index (χ4v) is 8.97. The van der Waals surface area contributed by atoms with Gasteiger partial charge in [0.1, 0.15) is 30.0 Å². The second-order valence-corrected chi connectivity index (χ2v) is 19.4. The SMILES string of the molecule is CC1/C=C/C=C/C=C/C=C/C=C/C=C/C=C/C(OC2OC[C@@H](O)[C@H](N)[C@H]2O)CC2OC(O)(CC(O)C(O)CCC(=O)CC(O)CC(O)CC(=O)OC(C)C(C)C1OC1CC(=O)C(O)[C@H](C)O1)CC(O)C2C(=O)O. The summed E-state index contributed by atoms with van der Waals surface area (Å²) in [6, 6.07) is -1.15. The van der Waals surface area contributed by atoms with Gasteiger partial charge in [0, 0.05) is 50.4 Å². The van der Waals surface area contributed by atoms with E-state index in [0.29, 0.717) is 0 Å². The van der Waals surface area contributed by atoms with Crippen LogP contribution in [0.15, 0.2) is 85.1 Å². The molecule has 0 aromatic heterocycles. The Balaban J connectivity index is 1.56. The van der Waals surface area contributed by atoms with E-state index in [4.69, 9.17) is 34.2 Å². The Labute approximate surface area is 425 Å². The Bertz CT molecular complexity index is 1990. The highest BCUT2D eigenvalue weighted by atomic mass is 16.7. The number of carboxylic acids is 1. The van der Waals surface area contributed by atoms with E-state index >= 15 is 0 Å². The molecule has 20 atom stereocenters. The lowest BCUT2D eigenvalue weighted by Crippen LogP contribution is -2.59. The molecular formula is C52H77NO20. The monoisotopic (exact) mass is 1040 g/mol. The summed E-state index contributed by atoms with van der Waals surface area (Å²) >= 11 is 0. The molecule has 0 aromatic carbocycles. The second kappa shape index (κ2) is 29.8. The summed E-state index contributed by atoms with van der Waals surface area (Å²) in [5.41, 5.74) is 5.94. The van der Waals surface area contributed by atoms with E-state index < -0.39 is 165 Å². The molecule has 73 heavy (non-hydrogen) atoms. The van der Waals surface area contributed by atoms with Crippen molar-refractivity contribution in [2.24, 2.45) is 23.5 Å². The number of ether oxygens (including phenoxy) is 6. The van der Waals surface area contributed by atoms with E-state index in [-0.39, 0.29) is 44.6 Å². The highest BCUT2D eigenvalue weighted by molar-refractivity contribution is 5.84. The van der Waals surface area contributed by atoms with Gasteiger partial charge < -0.3 is 85.2 Å². The van der Waals surface area contributed by atoms with E-state index in [1.54, 1.807) is 93.7 Å². The molecule has 0 radical (unpaired) electrons. The van der Waals surface area contributed by atoms with Crippen molar-refractivity contribution < 1.29 is 98.7 Å². The molecule has 4 aliphatic heterocycles. The Morgan fingerprint density at radius 2 is 1.27 bits per heavy atom. The number of ketones is 2. The minimum Gasteiger partial charge on any atom is -0.481 e. The van der Waals surface area contributed by atoms with E-state index in [2.05, 4.69) is 0 Å². The number of aliphatic hydroxyl groups excluding tert-OH is 8. The van der Waals surface area contributed by atoms with Crippen LogP contribution in [-0.4, -0.2) is 185 Å². The van der Waals surface area contributed by atoms with Crippen LogP contribution in [0.3, 0.4) is 0 Å². The smallest absolute Gasteiger partial charge is 0.311 e. The highest BCUT2D eigenvalue weighted by Crippen LogP contribution is 2.38. The lowest BCUT2D eigenvalue weighted by atomic mass is 9.82. The van der Waals surface area contributed by atoms with Crippen molar-refractivity contribution in [3.8, 4) is 0 Å². The first-order chi connectivity index (χ1) is 34.5. The van der Waals surface area contributed by atoms with Gasteiger partial charge in [0.05, 0.1) is 86.5 Å². The summed E-state index contributed by atoms with van der Waals surface area (Å²) in [5.74, 6) is -8.09. The number of cyclic esters (lactones) is 1. The maximum absolute atomic E-state index is 13.0. The van der Waals surface area contributed by atoms with Crippen LogP contribution in [0.25, 0.3) is 0 Å². The van der Waals surface area contributed by atoms with E-state index in [0.717, 1.165) is 0 Å². The molecule has 0 aliphatic carbocycles. The second-order valence-electron chi connectivity index (χ2n) is 19.4. The Hall–Kier alpha value is -4.14. The number of carbonyl (C=O) groups excluding carboxylic acids is 3. The maximum atomic E-state index is 13.0. The van der Waals surface area contributed by atoms with E-state index in [1.165, 1.54) is 6.08 Å². The Morgan fingerprint density at radius 1 is 0.699 bits per heavy atom. The molecule has 0 aromatic rings. The zero-order chi connectivity index (χ0) is 54.0. The van der Waals surface area contributed by atoms with Crippen molar-refractivity contribution in [1.29, 1.82) is 0 Å². The maximum Gasteiger partial charge on any atom is 0.311 e. The number of hydrogen-bond donors (Lipinski definition) is 11. The molecule has 0 saturated carbocycles. The molecule has 12 N–H and O–H groups in total. The molecule has 21 heteroatoms. The van der Waals surface area contributed by atoms with Crippen LogP contribution in [0.4, 0.5) is 0 Å². The lowest BCUT2D eigenvalue weighted by molar-refractivity contribution is -0.307. The third-order valence-corrected chi connectivity index (χ3v) is 13.3. The van der Waals surface area contributed by atoms with Crippen molar-refractivity contribution >= 4 is 23.5 Å². The molecular weight excluding hydrogens is 959 g/mol. The number of hydrogen-bond acceptors (Lipinski definition) is 20. The largest absolute Gasteiger partial charge is 0.481 e. The van der Waals surface area contributed by atoms with Crippen LogP contribution in [0.5, 0.6) is 0 Å². The average Bonchev–Trinajstić information content (AvgIpc) is 3.30. The zero-order valence-electron chi connectivity index (χ0n) is 41.8. The predicted octanol–water partition coefficient (Wildman–Crippen LogP) is 0.621. The molecule has 2 bridgehead atoms. The summed E-state index contributed by atoms with van der Waals surface area (Å²) in [5, 5.41) is 107. The van der Waals surface area contributed by atoms with Crippen molar-refractivity contribution in [3.05, 3.63) is 85.1 Å². The van der Waals surface area contributed by atoms with Gasteiger partial charge in [-0.3, -0.25) is 19.2 Å². The topological polar surface area (TPSA) is 352 Å². The van der Waals surface area contributed by atoms with Gasteiger partial charge in [-0.1, -0.05) is 98.9 Å². The normalized spacial score (nSPS) is 44.1. The molecule has 4 heterocycles. The molecule has 4 aliphatic rings. The van der Waals surface area contributed by atoms with Gasteiger partial charge in [-0.25, -0.2) is 0 Å². The van der Waals surface area contributed by atoms with Gasteiger partial charge in [-0.15, -0.1) is 0 Å². The van der Waals surface area contributed by atoms with Crippen LogP contribution < -0.4 is 5.73 Å². The van der Waals surface area contributed by atoms with Crippen molar-refractivity contribution in [3.63, 3.8) is 0 Å². The minimum atomic E-state index is -2.40. The number of aliphatic carboxylic acids is 1. The first-order valence-electron chi connectivity index (χ1n) is 24.8. The zero-order valence-corrected chi connectivity index (χ0v) is 41.8. The molecule has 410 valence electrons. The fraction of sp³-hybridized carbons (Fsp3) is 0.654. The lowest BCUT2D eigenvalue weighted by Gasteiger charge is -2.45. The van der Waals surface area contributed by atoms with Gasteiger partial charge in [0.15, 0.2) is 24.2 Å². The summed E-state index contributed by atoms with van der Waals surface area (Å²) in [7, 11) is 0. The number of fused-ring (bicyclic) bond motifs is 2. The van der Waals surface area contributed by atoms with Crippen molar-refractivity contribution in [2.45, 2.75) is 189 Å². The summed E-state index contributed by atoms with van der Waals surface area (Å²) < 4.78 is 35.2. The van der Waals surface area contributed by atoms with Gasteiger partial charge in [-0.2, -0.15) is 0 Å². The van der Waals surface area contributed by atoms with Crippen LogP contribution >= 0.6 is 0 Å². The molecule has 0 spiro atoms. The highest BCUT2D eigenvalue weighted by Gasteiger charge is 2.51. The van der Waals surface area contributed by atoms with Crippen LogP contribution in [-0.2, 0) is 47.6 Å². The number of esters is 1. The number of Topliss-reactive ketones (excluding diaryl/α,β-unsaturated/α-hetero) is 2. The summed E-state index contributed by atoms with van der Waals surface area (Å²) in [6.45, 7) is 6.59. The predicted molar refractivity (Wildman–Crippen MR) is 260 cm³/mol. The Morgan fingerprint density at radius 3 is 1.88 bits per heavy atom. The van der Waals surface area contributed by atoms with Crippen LogP contribution in [0.2, 0.25) is 0 Å². The van der Waals surface area contributed by atoms with Crippen LogP contribution in [0, 0.1) is 17.8 Å². The molecule has 4 rings (SSSR count). The van der Waals surface area contributed by atoms with E-state index in [9.17, 15) is 70.2 Å². The Kier molecular flexibility index (Phi) is 25.1. The molecule has 3 saturated heterocycles. The van der Waals surface area contributed by atoms with E-state index in [1.807, 2.05) is 13.0 Å². The molecule has 21 nitrogen and oxygen atoms in total. The fourth-order valence-electron chi connectivity index (χ4n) is 8.97. The van der Waals surface area contributed by atoms with Gasteiger partial charge >= 0.3 is 11.9 Å². The third kappa shape index (κ3) is 19.8. The number of carbonyl (C=O) groups is 4. The molecule has 16 unspecified atom stereocenters. The standard InChI is InChI=1S/C52H77NO20/c1-29-17-15-13-11-9-7-5-6-8-10-12-14-16-18-36(71-51-48(64)46(53)41(61)28-68-51)24-42-45(50(65)66)40(60)27-52(67,73-42)26-39(59)37(57)20-19-33(54)21-34(55)22-35(56)23-43(62)69-31(3)30(2)49(29)72-44-25-38(58)47(63)32(4)70-44/h5-18,29-32,34-37,39-42,44-49,51,55-57,59-61,63-64,67H,19-28,53H2,1-4H3,(H,65,66)/b6-5+,9-7+,10-8+,13-11+,14-12+,17-15+,18-16+/t29?,30?,31?,32-,34?,35?,36?,37?,39?,40?,41+,42?,44?,45?,46-,47?,48+,49?,51?,52?/m0/s1. The first-order valence-corrected chi connectivity index (χ1v) is 24.8.